The van der Waals surface area contributed by atoms with E-state index in [9.17, 15) is 4.79 Å². The lowest BCUT2D eigenvalue weighted by Gasteiger charge is -2.11. The van der Waals surface area contributed by atoms with Crippen molar-refractivity contribution in [2.24, 2.45) is 4.99 Å². The van der Waals surface area contributed by atoms with E-state index in [1.54, 1.807) is 4.90 Å². The molecule has 0 saturated carbocycles. The molecule has 5 heteroatoms. The van der Waals surface area contributed by atoms with Gasteiger partial charge in [0.2, 0.25) is 0 Å². The second-order valence-electron chi connectivity index (χ2n) is 4.91. The van der Waals surface area contributed by atoms with Gasteiger partial charge in [-0.25, -0.2) is 4.99 Å². The van der Waals surface area contributed by atoms with Crippen molar-refractivity contribution in [1.82, 2.24) is 4.90 Å². The highest BCUT2D eigenvalue weighted by Crippen LogP contribution is 2.34. The van der Waals surface area contributed by atoms with Gasteiger partial charge in [-0.1, -0.05) is 36.4 Å². The minimum atomic E-state index is 0.0202. The van der Waals surface area contributed by atoms with Crippen molar-refractivity contribution in [2.75, 3.05) is 6.54 Å². The second-order valence-corrected chi connectivity index (χ2v) is 7.08. The van der Waals surface area contributed by atoms with Gasteiger partial charge in [0.1, 0.15) is 0 Å². The normalized spacial score (nSPS) is 18.2. The number of benzene rings is 2. The van der Waals surface area contributed by atoms with Crippen LogP contribution in [0.15, 0.2) is 64.5 Å². The number of para-hydroxylation sites is 1. The van der Waals surface area contributed by atoms with Crippen molar-refractivity contribution in [3.63, 3.8) is 0 Å². The molecule has 0 atom stereocenters. The number of nitrogens with zero attached hydrogens (tertiary/aromatic N) is 2. The van der Waals surface area contributed by atoms with Crippen LogP contribution in [0.3, 0.4) is 0 Å². The first-order valence-electron chi connectivity index (χ1n) is 7.28. The van der Waals surface area contributed by atoms with Gasteiger partial charge < -0.3 is 0 Å². The number of amides is 1. The van der Waals surface area contributed by atoms with E-state index >= 15 is 0 Å². The molecule has 1 amide bonds. The van der Waals surface area contributed by atoms with Gasteiger partial charge in [-0.05, 0) is 71.1 Å². The van der Waals surface area contributed by atoms with E-state index in [0.29, 0.717) is 11.4 Å². The standard InChI is InChI=1S/C18H15IN2OS/c1-2-21-17(22)16(12-13-8-6-7-11-15(13)19)23-18(21)20-14-9-4-3-5-10-14/h3-12H,2H2,1H3/b16-12-,20-18?. The zero-order valence-corrected chi connectivity index (χ0v) is 15.5. The summed E-state index contributed by atoms with van der Waals surface area (Å²) in [6.07, 6.45) is 1.95. The lowest BCUT2D eigenvalue weighted by atomic mass is 10.2. The smallest absolute Gasteiger partial charge is 0.266 e. The average molecular weight is 434 g/mol. The van der Waals surface area contributed by atoms with E-state index in [2.05, 4.69) is 27.6 Å². The summed E-state index contributed by atoms with van der Waals surface area (Å²) in [6.45, 7) is 2.58. The van der Waals surface area contributed by atoms with Crippen LogP contribution in [0.4, 0.5) is 5.69 Å². The zero-order chi connectivity index (χ0) is 16.2. The van der Waals surface area contributed by atoms with Crippen molar-refractivity contribution >= 4 is 57.2 Å². The second kappa shape index (κ2) is 7.31. The minimum absolute atomic E-state index is 0.0202. The molecule has 3 nitrogen and oxygen atoms in total. The SMILES string of the molecule is CCN1C(=O)/C(=C/c2ccccc2I)SC1=Nc1ccccc1. The number of carbonyl (C=O) groups is 1. The predicted molar refractivity (Wildman–Crippen MR) is 106 cm³/mol. The molecule has 0 spiro atoms. The molecule has 2 aromatic rings. The van der Waals surface area contributed by atoms with Gasteiger partial charge in [0.25, 0.3) is 5.91 Å². The number of amidine groups is 1. The Bertz CT molecular complexity index is 787. The highest BCUT2D eigenvalue weighted by molar-refractivity contribution is 14.1. The van der Waals surface area contributed by atoms with Gasteiger partial charge in [-0.2, -0.15) is 0 Å². The summed E-state index contributed by atoms with van der Waals surface area (Å²) in [5, 5.41) is 0.737. The van der Waals surface area contributed by atoms with E-state index in [0.717, 1.165) is 20.0 Å². The van der Waals surface area contributed by atoms with Crippen LogP contribution in [-0.2, 0) is 4.79 Å². The molecule has 1 saturated heterocycles. The van der Waals surface area contributed by atoms with Crippen LogP contribution in [0, 0.1) is 3.57 Å². The summed E-state index contributed by atoms with van der Waals surface area (Å²) in [7, 11) is 0. The predicted octanol–water partition coefficient (Wildman–Crippen LogP) is 4.92. The number of halogens is 1. The largest absolute Gasteiger partial charge is 0.287 e. The van der Waals surface area contributed by atoms with Crippen LogP contribution in [0.25, 0.3) is 6.08 Å². The number of hydrogen-bond acceptors (Lipinski definition) is 3. The van der Waals surface area contributed by atoms with Crippen molar-refractivity contribution in [1.29, 1.82) is 0 Å². The maximum absolute atomic E-state index is 12.6. The maximum Gasteiger partial charge on any atom is 0.266 e. The van der Waals surface area contributed by atoms with Crippen LogP contribution in [0.1, 0.15) is 12.5 Å². The first kappa shape index (κ1) is 16.3. The molecule has 0 N–H and O–H groups in total. The summed E-state index contributed by atoms with van der Waals surface area (Å²) in [5.41, 5.74) is 1.91. The van der Waals surface area contributed by atoms with Crippen LogP contribution >= 0.6 is 34.4 Å². The molecule has 0 radical (unpaired) electrons. The molecule has 0 aromatic heterocycles. The molecule has 23 heavy (non-hydrogen) atoms. The highest BCUT2D eigenvalue weighted by Gasteiger charge is 2.32. The average Bonchev–Trinajstić information content (AvgIpc) is 2.85. The minimum Gasteiger partial charge on any atom is -0.287 e. The van der Waals surface area contributed by atoms with Crippen molar-refractivity contribution in [3.8, 4) is 0 Å². The molecule has 1 heterocycles. The Morgan fingerprint density at radius 2 is 1.83 bits per heavy atom. The molecular formula is C18H15IN2OS. The number of carbonyl (C=O) groups excluding carboxylic acids is 1. The molecule has 0 unspecified atom stereocenters. The molecule has 0 bridgehead atoms. The molecule has 0 aliphatic carbocycles. The fourth-order valence-electron chi connectivity index (χ4n) is 2.22. The topological polar surface area (TPSA) is 32.7 Å². The monoisotopic (exact) mass is 434 g/mol. The lowest BCUT2D eigenvalue weighted by Crippen LogP contribution is -2.28. The summed E-state index contributed by atoms with van der Waals surface area (Å²) in [6, 6.07) is 17.8. The number of aliphatic imine (C=N–C) groups is 1. The number of thioether (sulfide) groups is 1. The first-order chi connectivity index (χ1) is 11.2. The summed E-state index contributed by atoms with van der Waals surface area (Å²) in [4.78, 5) is 19.7. The first-order valence-corrected chi connectivity index (χ1v) is 9.18. The van der Waals surface area contributed by atoms with E-state index in [-0.39, 0.29) is 5.91 Å². The van der Waals surface area contributed by atoms with Gasteiger partial charge in [-0.3, -0.25) is 9.69 Å². The van der Waals surface area contributed by atoms with Crippen LogP contribution in [-0.4, -0.2) is 22.5 Å². The molecule has 3 rings (SSSR count). The molecule has 1 aliphatic heterocycles. The Morgan fingerprint density at radius 3 is 2.52 bits per heavy atom. The number of rotatable bonds is 3. The fourth-order valence-corrected chi connectivity index (χ4v) is 3.81. The molecule has 1 fully saturated rings. The van der Waals surface area contributed by atoms with Crippen LogP contribution < -0.4 is 0 Å². The van der Waals surface area contributed by atoms with Crippen molar-refractivity contribution in [3.05, 3.63) is 68.6 Å². The van der Waals surface area contributed by atoms with Crippen LogP contribution in [0.5, 0.6) is 0 Å². The lowest BCUT2D eigenvalue weighted by molar-refractivity contribution is -0.122. The van der Waals surface area contributed by atoms with E-state index in [4.69, 9.17) is 0 Å². The molecule has 116 valence electrons. The number of likely N-dealkylation sites (N-methyl/N-ethyl adjacent to an activating group) is 1. The Balaban J connectivity index is 1.95. The maximum atomic E-state index is 12.6. The van der Waals surface area contributed by atoms with Gasteiger partial charge in [-0.15, -0.1) is 0 Å². The van der Waals surface area contributed by atoms with Crippen molar-refractivity contribution in [2.45, 2.75) is 6.92 Å². The molecule has 1 aliphatic rings. The highest BCUT2D eigenvalue weighted by atomic mass is 127. The van der Waals surface area contributed by atoms with E-state index in [1.165, 1.54) is 11.8 Å². The van der Waals surface area contributed by atoms with Gasteiger partial charge >= 0.3 is 0 Å². The van der Waals surface area contributed by atoms with Crippen molar-refractivity contribution < 1.29 is 4.79 Å². The Hall–Kier alpha value is -1.60. The Labute approximate surface area is 153 Å². The Morgan fingerprint density at radius 1 is 1.13 bits per heavy atom. The van der Waals surface area contributed by atoms with Gasteiger partial charge in [0.15, 0.2) is 5.17 Å². The van der Waals surface area contributed by atoms with Crippen LogP contribution in [0.2, 0.25) is 0 Å². The van der Waals surface area contributed by atoms with E-state index < -0.39 is 0 Å². The fraction of sp³-hybridized carbons (Fsp3) is 0.111. The third-order valence-electron chi connectivity index (χ3n) is 3.38. The van der Waals surface area contributed by atoms with E-state index in [1.807, 2.05) is 67.6 Å². The Kier molecular flexibility index (Phi) is 5.17. The zero-order valence-electron chi connectivity index (χ0n) is 12.6. The summed E-state index contributed by atoms with van der Waals surface area (Å²) in [5.74, 6) is 0.0202. The molecule has 2 aromatic carbocycles. The third-order valence-corrected chi connectivity index (χ3v) is 5.37. The summed E-state index contributed by atoms with van der Waals surface area (Å²) < 4.78 is 1.13. The van der Waals surface area contributed by atoms with Gasteiger partial charge in [0, 0.05) is 10.1 Å². The molecular weight excluding hydrogens is 419 g/mol. The van der Waals surface area contributed by atoms with Gasteiger partial charge in [0.05, 0.1) is 10.6 Å². The quantitative estimate of drug-likeness (QED) is 0.508. The third kappa shape index (κ3) is 3.67. The summed E-state index contributed by atoms with van der Waals surface area (Å²) >= 11 is 3.72. The number of hydrogen-bond donors (Lipinski definition) is 0.